The molecular formula is C32H33ClFIN4O4. The minimum Gasteiger partial charge on any atom is -0.495 e. The molecule has 2 aliphatic heterocycles. The number of hydrogen-bond acceptors (Lipinski definition) is 5. The average molecular weight is 719 g/mol. The number of amides is 3. The number of nitrogens with one attached hydrogen (secondary N) is 3. The number of halogens is 3. The molecule has 3 amide bonds. The molecule has 4 atom stereocenters. The third kappa shape index (κ3) is 5.72. The first-order chi connectivity index (χ1) is 20.3. The summed E-state index contributed by atoms with van der Waals surface area (Å²) in [6.07, 6.45) is 0.536. The lowest BCUT2D eigenvalue weighted by Crippen LogP contribution is -2.49. The summed E-state index contributed by atoms with van der Waals surface area (Å²) in [5.74, 6) is -2.36. The van der Waals surface area contributed by atoms with Crippen molar-refractivity contribution >= 4 is 63.3 Å². The van der Waals surface area contributed by atoms with Gasteiger partial charge >= 0.3 is 0 Å². The molecule has 8 nitrogen and oxygen atoms in total. The van der Waals surface area contributed by atoms with E-state index in [0.717, 1.165) is 5.56 Å². The smallest absolute Gasteiger partial charge is 0.248 e. The summed E-state index contributed by atoms with van der Waals surface area (Å²) < 4.78 is 21.1. The second-order valence-electron chi connectivity index (χ2n) is 12.2. The summed E-state index contributed by atoms with van der Waals surface area (Å²) in [4.78, 5) is 40.3. The molecule has 1 spiro atoms. The molecule has 0 saturated carbocycles. The first-order valence-electron chi connectivity index (χ1n) is 13.8. The summed E-state index contributed by atoms with van der Waals surface area (Å²) in [6, 6.07) is 13.0. The molecule has 3 aromatic rings. The van der Waals surface area contributed by atoms with Gasteiger partial charge in [0.1, 0.15) is 17.0 Å². The van der Waals surface area contributed by atoms with E-state index in [9.17, 15) is 14.4 Å². The molecule has 0 bridgehead atoms. The number of primary amides is 1. The molecule has 2 aliphatic rings. The van der Waals surface area contributed by atoms with Crippen LogP contribution in [0.1, 0.15) is 60.2 Å². The van der Waals surface area contributed by atoms with Crippen molar-refractivity contribution in [2.45, 2.75) is 55.0 Å². The minimum atomic E-state index is -1.26. The third-order valence-corrected chi connectivity index (χ3v) is 9.26. The SMILES string of the molecule is COc1cc(C(N)=O)ccc1NC(=O)[C@@H]1N[C@@H](CC(C)(C)C)[C@@]2(C(=O)Nc3cc(Cl)ccc32)[C@H]1c1cc(F)cc(CI)c1. The second kappa shape index (κ2) is 11.7. The van der Waals surface area contributed by atoms with Gasteiger partial charge in [-0.25, -0.2) is 4.39 Å². The summed E-state index contributed by atoms with van der Waals surface area (Å²) in [5, 5.41) is 9.92. The van der Waals surface area contributed by atoms with Crippen LogP contribution in [0.2, 0.25) is 5.02 Å². The molecule has 0 unspecified atom stereocenters. The van der Waals surface area contributed by atoms with Gasteiger partial charge in [-0.05, 0) is 71.0 Å². The van der Waals surface area contributed by atoms with Crippen molar-refractivity contribution in [1.82, 2.24) is 5.32 Å². The van der Waals surface area contributed by atoms with Crippen LogP contribution in [0.25, 0.3) is 0 Å². The molecule has 226 valence electrons. The topological polar surface area (TPSA) is 123 Å². The fraction of sp³-hybridized carbons (Fsp3) is 0.344. The van der Waals surface area contributed by atoms with Crippen molar-refractivity contribution in [2.24, 2.45) is 11.1 Å². The first kappa shape index (κ1) is 31.2. The van der Waals surface area contributed by atoms with E-state index in [2.05, 4.69) is 59.3 Å². The van der Waals surface area contributed by atoms with Crippen molar-refractivity contribution in [3.05, 3.63) is 87.7 Å². The first-order valence-corrected chi connectivity index (χ1v) is 15.7. The highest BCUT2D eigenvalue weighted by atomic mass is 127. The van der Waals surface area contributed by atoms with E-state index >= 15 is 4.39 Å². The van der Waals surface area contributed by atoms with Crippen molar-refractivity contribution in [2.75, 3.05) is 17.7 Å². The minimum absolute atomic E-state index is 0.222. The summed E-state index contributed by atoms with van der Waals surface area (Å²) in [5.41, 5.74) is 7.02. The number of carbonyl (C=O) groups is 3. The summed E-state index contributed by atoms with van der Waals surface area (Å²) >= 11 is 8.49. The maximum atomic E-state index is 15.1. The molecule has 2 heterocycles. The number of benzene rings is 3. The van der Waals surface area contributed by atoms with Crippen LogP contribution in [0, 0.1) is 11.2 Å². The molecule has 1 fully saturated rings. The van der Waals surface area contributed by atoms with Crippen LogP contribution in [0.4, 0.5) is 15.8 Å². The maximum Gasteiger partial charge on any atom is 0.248 e. The predicted molar refractivity (Wildman–Crippen MR) is 174 cm³/mol. The molecule has 1 saturated heterocycles. The fourth-order valence-electron chi connectivity index (χ4n) is 6.51. The monoisotopic (exact) mass is 718 g/mol. The normalized spacial score (nSPS) is 22.8. The van der Waals surface area contributed by atoms with Crippen LogP contribution in [0.15, 0.2) is 54.6 Å². The van der Waals surface area contributed by atoms with Crippen molar-refractivity contribution < 1.29 is 23.5 Å². The standard InChI is InChI=1S/C32H33ClFIN4O4/c1-31(2,3)14-25-32(21-7-6-19(33)13-23(21)38-30(32)42)26(18-9-16(15-35)10-20(34)11-18)27(39-25)29(41)37-22-8-5-17(28(36)40)12-24(22)43-4/h5-13,25-27,39H,14-15H2,1-4H3,(H2,36,40)(H,37,41)(H,38,42)/t25-,26-,27+,32+/m0/s1. The van der Waals surface area contributed by atoms with Gasteiger partial charge in [-0.2, -0.15) is 0 Å². The van der Waals surface area contributed by atoms with E-state index in [1.807, 2.05) is 12.1 Å². The van der Waals surface area contributed by atoms with Gasteiger partial charge in [-0.3, -0.25) is 14.4 Å². The zero-order valence-corrected chi connectivity index (χ0v) is 27.1. The third-order valence-electron chi connectivity index (χ3n) is 8.14. The van der Waals surface area contributed by atoms with Crippen LogP contribution in [0.5, 0.6) is 5.75 Å². The molecule has 0 aliphatic carbocycles. The highest BCUT2D eigenvalue weighted by molar-refractivity contribution is 14.1. The number of nitrogens with two attached hydrogens (primary N) is 1. The van der Waals surface area contributed by atoms with E-state index in [0.29, 0.717) is 38.4 Å². The van der Waals surface area contributed by atoms with E-state index in [-0.39, 0.29) is 22.6 Å². The Balaban J connectivity index is 1.71. The number of anilines is 2. The summed E-state index contributed by atoms with van der Waals surface area (Å²) in [7, 11) is 1.42. The molecule has 3 aromatic carbocycles. The van der Waals surface area contributed by atoms with Crippen LogP contribution in [-0.4, -0.2) is 36.9 Å². The number of methoxy groups -OCH3 is 1. The van der Waals surface area contributed by atoms with Gasteiger partial charge in [0, 0.05) is 32.7 Å². The zero-order chi connectivity index (χ0) is 31.3. The Morgan fingerprint density at radius 2 is 1.88 bits per heavy atom. The fourth-order valence-corrected chi connectivity index (χ4v) is 7.12. The second-order valence-corrected chi connectivity index (χ2v) is 13.4. The number of fused-ring (bicyclic) bond motifs is 2. The van der Waals surface area contributed by atoms with Gasteiger partial charge in [0.05, 0.1) is 18.8 Å². The lowest BCUT2D eigenvalue weighted by Gasteiger charge is -2.37. The quantitative estimate of drug-likeness (QED) is 0.179. The number of rotatable bonds is 7. The molecule has 11 heteroatoms. The predicted octanol–water partition coefficient (Wildman–Crippen LogP) is 5.91. The average Bonchev–Trinajstić information content (AvgIpc) is 3.41. The van der Waals surface area contributed by atoms with Gasteiger partial charge < -0.3 is 26.4 Å². The molecule has 0 aromatic heterocycles. The molecule has 5 N–H and O–H groups in total. The Hall–Kier alpha value is -3.22. The van der Waals surface area contributed by atoms with Gasteiger partial charge in [0.25, 0.3) is 0 Å². The number of hydrogen-bond donors (Lipinski definition) is 4. The molecule has 43 heavy (non-hydrogen) atoms. The largest absolute Gasteiger partial charge is 0.495 e. The van der Waals surface area contributed by atoms with Gasteiger partial charge in [-0.1, -0.05) is 67.1 Å². The summed E-state index contributed by atoms with van der Waals surface area (Å²) in [6.45, 7) is 6.21. The van der Waals surface area contributed by atoms with Crippen LogP contribution in [-0.2, 0) is 19.4 Å². The highest BCUT2D eigenvalue weighted by Gasteiger charge is 2.65. The van der Waals surface area contributed by atoms with E-state index < -0.39 is 41.0 Å². The van der Waals surface area contributed by atoms with Crippen LogP contribution >= 0.6 is 34.2 Å². The number of ether oxygens (including phenoxy) is 1. The van der Waals surface area contributed by atoms with Crippen molar-refractivity contribution in [3.63, 3.8) is 0 Å². The Kier molecular flexibility index (Phi) is 8.49. The van der Waals surface area contributed by atoms with Crippen LogP contribution in [0.3, 0.4) is 0 Å². The molecule has 0 radical (unpaired) electrons. The maximum absolute atomic E-state index is 15.1. The van der Waals surface area contributed by atoms with Gasteiger partial charge in [-0.15, -0.1) is 0 Å². The van der Waals surface area contributed by atoms with Gasteiger partial charge in [0.15, 0.2) is 0 Å². The zero-order valence-electron chi connectivity index (χ0n) is 24.2. The van der Waals surface area contributed by atoms with Crippen LogP contribution < -0.4 is 26.4 Å². The number of carbonyl (C=O) groups excluding carboxylic acids is 3. The Labute approximate surface area is 268 Å². The molecular weight excluding hydrogens is 686 g/mol. The Bertz CT molecular complexity index is 1630. The van der Waals surface area contributed by atoms with E-state index in [1.165, 1.54) is 31.4 Å². The van der Waals surface area contributed by atoms with Crippen molar-refractivity contribution in [1.29, 1.82) is 0 Å². The van der Waals surface area contributed by atoms with E-state index in [1.54, 1.807) is 18.2 Å². The lowest BCUT2D eigenvalue weighted by molar-refractivity contribution is -0.122. The molecule has 5 rings (SSSR count). The van der Waals surface area contributed by atoms with E-state index in [4.69, 9.17) is 22.1 Å². The van der Waals surface area contributed by atoms with Gasteiger partial charge in [0.2, 0.25) is 17.7 Å². The Morgan fingerprint density at radius 1 is 1.14 bits per heavy atom. The lowest BCUT2D eigenvalue weighted by atomic mass is 9.62. The van der Waals surface area contributed by atoms with Crippen molar-refractivity contribution in [3.8, 4) is 5.75 Å². The highest BCUT2D eigenvalue weighted by Crippen LogP contribution is 2.57. The Morgan fingerprint density at radius 3 is 2.53 bits per heavy atom. The number of alkyl halides is 1.